The summed E-state index contributed by atoms with van der Waals surface area (Å²) in [6, 6.07) is 9.81. The van der Waals surface area contributed by atoms with Gasteiger partial charge in [-0.25, -0.2) is 0 Å². The molecule has 1 N–H and O–H groups in total. The molecule has 0 aliphatic carbocycles. The lowest BCUT2D eigenvalue weighted by Crippen LogP contribution is -2.42. The number of nitrogens with zero attached hydrogens (tertiary/aromatic N) is 1. The van der Waals surface area contributed by atoms with Gasteiger partial charge < -0.3 is 5.11 Å². The number of likely N-dealkylation sites (tertiary alicyclic amines) is 1. The summed E-state index contributed by atoms with van der Waals surface area (Å²) in [5, 5.41) is 9.26. The van der Waals surface area contributed by atoms with Crippen LogP contribution in [0, 0.1) is 0 Å². The number of aliphatic hydroxyl groups is 1. The molecular weight excluding hydrogens is 302 g/mol. The SMILES string of the molecule is CCCN1[C@H](CCO)CCC[C@H]1c1ccc(Br)cc1. The van der Waals surface area contributed by atoms with Crippen LogP contribution in [0.1, 0.15) is 50.6 Å². The standard InChI is InChI=1S/C16H24BrNO/c1-2-11-18-15(10-12-19)4-3-5-16(18)13-6-8-14(17)9-7-13/h6-9,15-16,19H,2-5,10-12H2,1H3/t15-,16-/m0/s1. The first-order chi connectivity index (χ1) is 9.26. The maximum absolute atomic E-state index is 9.26. The summed E-state index contributed by atoms with van der Waals surface area (Å²) in [5.41, 5.74) is 1.42. The summed E-state index contributed by atoms with van der Waals surface area (Å²) < 4.78 is 1.14. The minimum absolute atomic E-state index is 0.304. The summed E-state index contributed by atoms with van der Waals surface area (Å²) in [5.74, 6) is 0. The van der Waals surface area contributed by atoms with Crippen molar-refractivity contribution < 1.29 is 5.11 Å². The van der Waals surface area contributed by atoms with Crippen molar-refractivity contribution in [1.29, 1.82) is 0 Å². The third-order valence-corrected chi connectivity index (χ3v) is 4.61. The van der Waals surface area contributed by atoms with Crippen LogP contribution in [0.3, 0.4) is 0 Å². The van der Waals surface area contributed by atoms with Gasteiger partial charge in [0.1, 0.15) is 0 Å². The predicted molar refractivity (Wildman–Crippen MR) is 83.2 cm³/mol. The highest BCUT2D eigenvalue weighted by Crippen LogP contribution is 2.35. The number of piperidine rings is 1. The van der Waals surface area contributed by atoms with Crippen molar-refractivity contribution in [2.45, 2.75) is 51.1 Å². The fourth-order valence-electron chi connectivity index (χ4n) is 3.23. The summed E-state index contributed by atoms with van der Waals surface area (Å²) >= 11 is 3.51. The average molecular weight is 326 g/mol. The molecule has 1 heterocycles. The molecule has 0 saturated carbocycles. The Morgan fingerprint density at radius 3 is 2.63 bits per heavy atom. The summed E-state index contributed by atoms with van der Waals surface area (Å²) in [6.07, 6.45) is 5.82. The minimum atomic E-state index is 0.304. The zero-order chi connectivity index (χ0) is 13.7. The van der Waals surface area contributed by atoms with E-state index in [2.05, 4.69) is 52.0 Å². The lowest BCUT2D eigenvalue weighted by Gasteiger charge is -2.42. The maximum Gasteiger partial charge on any atom is 0.0445 e. The van der Waals surface area contributed by atoms with Gasteiger partial charge in [0.2, 0.25) is 0 Å². The van der Waals surface area contributed by atoms with E-state index in [1.165, 1.54) is 31.2 Å². The molecule has 2 nitrogen and oxygen atoms in total. The van der Waals surface area contributed by atoms with E-state index in [1.54, 1.807) is 0 Å². The van der Waals surface area contributed by atoms with E-state index in [4.69, 9.17) is 0 Å². The van der Waals surface area contributed by atoms with Gasteiger partial charge in [-0.05, 0) is 56.3 Å². The zero-order valence-electron chi connectivity index (χ0n) is 11.7. The van der Waals surface area contributed by atoms with E-state index in [0.29, 0.717) is 18.7 Å². The van der Waals surface area contributed by atoms with Crippen molar-refractivity contribution in [3.05, 3.63) is 34.3 Å². The van der Waals surface area contributed by atoms with Crippen LogP contribution in [0.2, 0.25) is 0 Å². The molecule has 0 aromatic heterocycles. The van der Waals surface area contributed by atoms with E-state index in [-0.39, 0.29) is 0 Å². The summed E-state index contributed by atoms with van der Waals surface area (Å²) in [6.45, 7) is 3.67. The van der Waals surface area contributed by atoms with E-state index in [0.717, 1.165) is 17.4 Å². The fraction of sp³-hybridized carbons (Fsp3) is 0.625. The molecule has 3 heteroatoms. The first kappa shape index (κ1) is 15.0. The van der Waals surface area contributed by atoms with Crippen molar-refractivity contribution in [3.8, 4) is 0 Å². The van der Waals surface area contributed by atoms with Gasteiger partial charge in [-0.3, -0.25) is 4.90 Å². The quantitative estimate of drug-likeness (QED) is 0.879. The predicted octanol–water partition coefficient (Wildman–Crippen LogP) is 4.14. The largest absolute Gasteiger partial charge is 0.396 e. The topological polar surface area (TPSA) is 23.5 Å². The lowest BCUT2D eigenvalue weighted by atomic mass is 9.89. The van der Waals surface area contributed by atoms with Crippen LogP contribution in [0.15, 0.2) is 28.7 Å². The van der Waals surface area contributed by atoms with E-state index < -0.39 is 0 Å². The highest BCUT2D eigenvalue weighted by atomic mass is 79.9. The van der Waals surface area contributed by atoms with Crippen molar-refractivity contribution in [1.82, 2.24) is 4.90 Å². The van der Waals surface area contributed by atoms with Crippen LogP contribution < -0.4 is 0 Å². The second-order valence-corrected chi connectivity index (χ2v) is 6.32. The monoisotopic (exact) mass is 325 g/mol. The van der Waals surface area contributed by atoms with Crippen LogP contribution >= 0.6 is 15.9 Å². The molecule has 1 fully saturated rings. The van der Waals surface area contributed by atoms with Crippen molar-refractivity contribution in [2.24, 2.45) is 0 Å². The molecule has 0 amide bonds. The first-order valence-electron chi connectivity index (χ1n) is 7.38. The highest BCUT2D eigenvalue weighted by molar-refractivity contribution is 9.10. The van der Waals surface area contributed by atoms with E-state index in [1.807, 2.05) is 0 Å². The third-order valence-electron chi connectivity index (χ3n) is 4.08. The fourth-order valence-corrected chi connectivity index (χ4v) is 3.50. The molecule has 1 aliphatic heterocycles. The van der Waals surface area contributed by atoms with Gasteiger partial charge in [0.25, 0.3) is 0 Å². The Labute approximate surface area is 124 Å². The lowest BCUT2D eigenvalue weighted by molar-refractivity contribution is 0.0651. The van der Waals surface area contributed by atoms with Gasteiger partial charge in [0, 0.05) is 23.2 Å². The highest BCUT2D eigenvalue weighted by Gasteiger charge is 2.30. The first-order valence-corrected chi connectivity index (χ1v) is 8.17. The Hall–Kier alpha value is -0.380. The van der Waals surface area contributed by atoms with Gasteiger partial charge in [0.05, 0.1) is 0 Å². The second-order valence-electron chi connectivity index (χ2n) is 5.40. The Kier molecular flexibility index (Phi) is 5.86. The molecule has 1 aromatic rings. The number of aliphatic hydroxyl groups excluding tert-OH is 1. The number of hydrogen-bond donors (Lipinski definition) is 1. The maximum atomic E-state index is 9.26. The van der Waals surface area contributed by atoms with Gasteiger partial charge in [0.15, 0.2) is 0 Å². The van der Waals surface area contributed by atoms with Crippen LogP contribution in [-0.2, 0) is 0 Å². The zero-order valence-corrected chi connectivity index (χ0v) is 13.3. The van der Waals surface area contributed by atoms with Crippen LogP contribution in [0.4, 0.5) is 0 Å². The van der Waals surface area contributed by atoms with Crippen LogP contribution in [0.5, 0.6) is 0 Å². The normalized spacial score (nSPS) is 24.6. The van der Waals surface area contributed by atoms with Gasteiger partial charge in [-0.15, -0.1) is 0 Å². The minimum Gasteiger partial charge on any atom is -0.396 e. The molecule has 19 heavy (non-hydrogen) atoms. The number of hydrogen-bond acceptors (Lipinski definition) is 2. The Morgan fingerprint density at radius 1 is 1.26 bits per heavy atom. The molecule has 1 aromatic carbocycles. The molecule has 1 saturated heterocycles. The molecule has 0 radical (unpaired) electrons. The number of benzene rings is 1. The summed E-state index contributed by atoms with van der Waals surface area (Å²) in [7, 11) is 0. The Bertz CT molecular complexity index is 377. The van der Waals surface area contributed by atoms with E-state index >= 15 is 0 Å². The molecule has 1 aliphatic rings. The van der Waals surface area contributed by atoms with Gasteiger partial charge in [-0.1, -0.05) is 35.0 Å². The Morgan fingerprint density at radius 2 is 2.00 bits per heavy atom. The molecule has 2 atom stereocenters. The molecule has 2 rings (SSSR count). The molecule has 106 valence electrons. The third kappa shape index (κ3) is 3.80. The average Bonchev–Trinajstić information content (AvgIpc) is 2.42. The molecule has 0 unspecified atom stereocenters. The number of halogens is 1. The van der Waals surface area contributed by atoms with Crippen molar-refractivity contribution in [2.75, 3.05) is 13.2 Å². The van der Waals surface area contributed by atoms with Gasteiger partial charge >= 0.3 is 0 Å². The second kappa shape index (κ2) is 7.41. The summed E-state index contributed by atoms with van der Waals surface area (Å²) in [4.78, 5) is 2.61. The smallest absolute Gasteiger partial charge is 0.0445 e. The van der Waals surface area contributed by atoms with Crippen LogP contribution in [0.25, 0.3) is 0 Å². The molecule has 0 bridgehead atoms. The molecular formula is C16H24BrNO. The van der Waals surface area contributed by atoms with Crippen molar-refractivity contribution in [3.63, 3.8) is 0 Å². The Balaban J connectivity index is 2.17. The van der Waals surface area contributed by atoms with Crippen LogP contribution in [-0.4, -0.2) is 29.2 Å². The molecule has 0 spiro atoms. The number of rotatable bonds is 5. The van der Waals surface area contributed by atoms with Crippen molar-refractivity contribution >= 4 is 15.9 Å². The van der Waals surface area contributed by atoms with E-state index in [9.17, 15) is 5.11 Å². The van der Waals surface area contributed by atoms with Gasteiger partial charge in [-0.2, -0.15) is 0 Å².